The molecular formula is C44H78O4. The smallest absolute Gasteiger partial charge is 0.306 e. The lowest BCUT2D eigenvalue weighted by Gasteiger charge is -2.18. The van der Waals surface area contributed by atoms with Gasteiger partial charge >= 0.3 is 11.9 Å². The molecule has 48 heavy (non-hydrogen) atoms. The first-order valence-electron chi connectivity index (χ1n) is 20.6. The van der Waals surface area contributed by atoms with Crippen LogP contribution in [0.4, 0.5) is 0 Å². The van der Waals surface area contributed by atoms with E-state index in [1.807, 2.05) is 0 Å². The van der Waals surface area contributed by atoms with Crippen LogP contribution >= 0.6 is 0 Å². The van der Waals surface area contributed by atoms with Gasteiger partial charge in [-0.3, -0.25) is 9.59 Å². The molecule has 4 nitrogen and oxygen atoms in total. The molecule has 0 amide bonds. The molecular weight excluding hydrogens is 592 g/mol. The average Bonchev–Trinajstić information content (AvgIpc) is 3.07. The van der Waals surface area contributed by atoms with Crippen LogP contribution in [0.3, 0.4) is 0 Å². The summed E-state index contributed by atoms with van der Waals surface area (Å²) in [4.78, 5) is 23.1. The number of unbranched alkanes of at least 4 members (excludes halogenated alkanes) is 20. The number of esters is 1. The number of aliphatic carboxylic acids is 1. The Morgan fingerprint density at radius 1 is 0.458 bits per heavy atom. The molecule has 0 aliphatic heterocycles. The van der Waals surface area contributed by atoms with E-state index in [2.05, 4.69) is 62.5 Å². The number of hydrogen-bond acceptors (Lipinski definition) is 3. The highest BCUT2D eigenvalue weighted by atomic mass is 16.5. The van der Waals surface area contributed by atoms with Crippen molar-refractivity contribution in [3.8, 4) is 0 Å². The first-order chi connectivity index (χ1) is 23.6. The topological polar surface area (TPSA) is 63.6 Å². The van der Waals surface area contributed by atoms with Gasteiger partial charge in [0.1, 0.15) is 6.10 Å². The van der Waals surface area contributed by atoms with Crippen LogP contribution in [-0.4, -0.2) is 23.1 Å². The van der Waals surface area contributed by atoms with E-state index in [0.29, 0.717) is 12.8 Å². The zero-order chi connectivity index (χ0) is 35.0. The van der Waals surface area contributed by atoms with Gasteiger partial charge in [-0.2, -0.15) is 0 Å². The molecule has 278 valence electrons. The van der Waals surface area contributed by atoms with Gasteiger partial charge in [-0.05, 0) is 83.5 Å². The molecule has 1 atom stereocenters. The van der Waals surface area contributed by atoms with E-state index < -0.39 is 5.97 Å². The van der Waals surface area contributed by atoms with Crippen molar-refractivity contribution >= 4 is 11.9 Å². The lowest BCUT2D eigenvalue weighted by atomic mass is 10.0. The Morgan fingerprint density at radius 3 is 1.29 bits per heavy atom. The third-order valence-electron chi connectivity index (χ3n) is 9.05. The van der Waals surface area contributed by atoms with Crippen molar-refractivity contribution in [2.75, 3.05) is 0 Å². The van der Waals surface area contributed by atoms with Crippen molar-refractivity contribution in [3.63, 3.8) is 0 Å². The summed E-state index contributed by atoms with van der Waals surface area (Å²) in [6.45, 7) is 4.48. The first kappa shape index (κ1) is 45.9. The molecule has 4 heteroatoms. The quantitative estimate of drug-likeness (QED) is 0.0406. The predicted molar refractivity (Wildman–Crippen MR) is 209 cm³/mol. The number of allylic oxidation sites excluding steroid dienone is 8. The fourth-order valence-corrected chi connectivity index (χ4v) is 5.99. The fourth-order valence-electron chi connectivity index (χ4n) is 5.99. The summed E-state index contributed by atoms with van der Waals surface area (Å²) in [6, 6.07) is 0. The maximum absolute atomic E-state index is 12.6. The minimum Gasteiger partial charge on any atom is -0.481 e. The van der Waals surface area contributed by atoms with E-state index in [1.165, 1.54) is 109 Å². The molecule has 0 saturated heterocycles. The maximum atomic E-state index is 12.6. The number of carboxylic acid groups (broad SMARTS) is 1. The summed E-state index contributed by atoms with van der Waals surface area (Å²) < 4.78 is 5.96. The SMILES string of the molecule is CCCCC/C=C\C/C=C\C/C=C\C/C=C\CCCCCCCC(=O)OC(CCCCC)CCCCCCCCCCCCCC(=O)O. The van der Waals surface area contributed by atoms with Crippen molar-refractivity contribution in [1.82, 2.24) is 0 Å². The van der Waals surface area contributed by atoms with Crippen LogP contribution in [-0.2, 0) is 14.3 Å². The van der Waals surface area contributed by atoms with Crippen LogP contribution in [0.25, 0.3) is 0 Å². The fraction of sp³-hybridized carbons (Fsp3) is 0.773. The lowest BCUT2D eigenvalue weighted by molar-refractivity contribution is -0.150. The molecule has 0 aromatic carbocycles. The summed E-state index contributed by atoms with van der Waals surface area (Å²) in [7, 11) is 0. The molecule has 0 fully saturated rings. The molecule has 0 rings (SSSR count). The monoisotopic (exact) mass is 671 g/mol. The van der Waals surface area contributed by atoms with Crippen molar-refractivity contribution in [3.05, 3.63) is 48.6 Å². The Kier molecular flexibility index (Phi) is 37.6. The summed E-state index contributed by atoms with van der Waals surface area (Å²) in [5, 5.41) is 8.69. The third-order valence-corrected chi connectivity index (χ3v) is 9.05. The second kappa shape index (κ2) is 39.3. The van der Waals surface area contributed by atoms with E-state index in [4.69, 9.17) is 9.84 Å². The normalized spacial score (nSPS) is 12.7. The molecule has 0 aromatic rings. The minimum atomic E-state index is -0.674. The van der Waals surface area contributed by atoms with Crippen LogP contribution in [0.5, 0.6) is 0 Å². The molecule has 1 N–H and O–H groups in total. The van der Waals surface area contributed by atoms with Crippen molar-refractivity contribution < 1.29 is 19.4 Å². The van der Waals surface area contributed by atoms with E-state index in [9.17, 15) is 9.59 Å². The Labute approximate surface area is 298 Å². The molecule has 1 unspecified atom stereocenters. The van der Waals surface area contributed by atoms with E-state index in [1.54, 1.807) is 0 Å². The molecule has 0 aliphatic carbocycles. The molecule has 0 spiro atoms. The van der Waals surface area contributed by atoms with Crippen LogP contribution in [0.2, 0.25) is 0 Å². The highest BCUT2D eigenvalue weighted by Crippen LogP contribution is 2.18. The predicted octanol–water partition coefficient (Wildman–Crippen LogP) is 14.3. The van der Waals surface area contributed by atoms with E-state index >= 15 is 0 Å². The highest BCUT2D eigenvalue weighted by Gasteiger charge is 2.14. The molecule has 0 radical (unpaired) electrons. The number of hydrogen-bond donors (Lipinski definition) is 1. The molecule has 0 saturated carbocycles. The van der Waals surface area contributed by atoms with E-state index in [0.717, 1.165) is 77.0 Å². The Balaban J connectivity index is 3.77. The van der Waals surface area contributed by atoms with Crippen LogP contribution in [0.15, 0.2) is 48.6 Å². The summed E-state index contributed by atoms with van der Waals surface area (Å²) in [5.41, 5.74) is 0. The van der Waals surface area contributed by atoms with Gasteiger partial charge in [0.05, 0.1) is 0 Å². The Hall–Kier alpha value is -2.10. The minimum absolute atomic E-state index is 0.0144. The van der Waals surface area contributed by atoms with Gasteiger partial charge in [-0.15, -0.1) is 0 Å². The summed E-state index contributed by atoms with van der Waals surface area (Å²) in [6.07, 6.45) is 53.1. The molecule has 0 aliphatic rings. The van der Waals surface area contributed by atoms with Gasteiger partial charge in [0, 0.05) is 12.8 Å². The van der Waals surface area contributed by atoms with Gasteiger partial charge in [0.25, 0.3) is 0 Å². The van der Waals surface area contributed by atoms with Crippen molar-refractivity contribution in [2.24, 2.45) is 0 Å². The van der Waals surface area contributed by atoms with Crippen molar-refractivity contribution in [1.29, 1.82) is 0 Å². The van der Waals surface area contributed by atoms with Crippen LogP contribution in [0, 0.1) is 0 Å². The van der Waals surface area contributed by atoms with Crippen LogP contribution < -0.4 is 0 Å². The summed E-state index contributed by atoms with van der Waals surface area (Å²) in [5.74, 6) is -0.660. The summed E-state index contributed by atoms with van der Waals surface area (Å²) >= 11 is 0. The Morgan fingerprint density at radius 2 is 0.812 bits per heavy atom. The molecule has 0 aromatic heterocycles. The zero-order valence-electron chi connectivity index (χ0n) is 31.8. The highest BCUT2D eigenvalue weighted by molar-refractivity contribution is 5.69. The second-order valence-electron chi connectivity index (χ2n) is 13.8. The number of rotatable bonds is 37. The van der Waals surface area contributed by atoms with Gasteiger partial charge in [-0.25, -0.2) is 0 Å². The van der Waals surface area contributed by atoms with Gasteiger partial charge in [0.15, 0.2) is 0 Å². The zero-order valence-corrected chi connectivity index (χ0v) is 31.8. The number of carboxylic acids is 1. The van der Waals surface area contributed by atoms with Gasteiger partial charge in [0.2, 0.25) is 0 Å². The molecule has 0 heterocycles. The Bertz CT molecular complexity index is 809. The molecule has 0 bridgehead atoms. The van der Waals surface area contributed by atoms with Gasteiger partial charge < -0.3 is 9.84 Å². The van der Waals surface area contributed by atoms with Gasteiger partial charge in [-0.1, -0.05) is 165 Å². The second-order valence-corrected chi connectivity index (χ2v) is 13.8. The van der Waals surface area contributed by atoms with Crippen molar-refractivity contribution in [2.45, 2.75) is 219 Å². The number of ether oxygens (including phenoxy) is 1. The maximum Gasteiger partial charge on any atom is 0.306 e. The van der Waals surface area contributed by atoms with Crippen LogP contribution in [0.1, 0.15) is 213 Å². The number of carbonyl (C=O) groups is 2. The lowest BCUT2D eigenvalue weighted by Crippen LogP contribution is -2.18. The first-order valence-corrected chi connectivity index (χ1v) is 20.6. The largest absolute Gasteiger partial charge is 0.481 e. The third kappa shape index (κ3) is 38.3. The standard InChI is InChI=1S/C44H78O4/c1-3-5-7-8-9-10-11-12-13-14-15-16-17-18-19-20-24-27-30-33-37-41-44(47)48-42(38-34-6-4-2)39-35-31-28-25-22-21-23-26-29-32-36-40-43(45)46/h9-10,12-13,15-16,18-19,42H,3-8,11,14,17,20-41H2,1-2H3,(H,45,46)/b10-9-,13-12-,16-15-,19-18-. The van der Waals surface area contributed by atoms with E-state index in [-0.39, 0.29) is 12.1 Å². The number of carbonyl (C=O) groups excluding carboxylic acids is 1. The average molecular weight is 671 g/mol.